The van der Waals surface area contributed by atoms with Crippen LogP contribution in [0, 0.1) is 0 Å². The molecule has 15 heavy (non-hydrogen) atoms. The second kappa shape index (κ2) is 6.06. The fraction of sp³-hybridized carbons (Fsp3) is 0.600. The second-order valence-electron chi connectivity index (χ2n) is 3.39. The maximum atomic E-state index is 8.80. The molecule has 0 bridgehead atoms. The lowest BCUT2D eigenvalue weighted by atomic mass is 10.2. The number of hydrogen-bond donors (Lipinski definition) is 3. The molecule has 0 amide bonds. The second-order valence-corrected chi connectivity index (χ2v) is 3.39. The number of amidine groups is 1. The molecule has 0 fully saturated rings. The van der Waals surface area contributed by atoms with Crippen molar-refractivity contribution in [2.45, 2.75) is 39.5 Å². The summed E-state index contributed by atoms with van der Waals surface area (Å²) in [7, 11) is 0. The number of aromatic nitrogens is 2. The third-order valence-electron chi connectivity index (χ3n) is 2.25. The number of nitrogens with zero attached hydrogens (tertiary/aromatic N) is 2. The highest BCUT2D eigenvalue weighted by molar-refractivity contribution is 5.94. The van der Waals surface area contributed by atoms with Crippen LogP contribution in [-0.2, 0) is 6.42 Å². The van der Waals surface area contributed by atoms with Crippen molar-refractivity contribution in [3.8, 4) is 0 Å². The van der Waals surface area contributed by atoms with E-state index in [9.17, 15) is 0 Å². The Bertz CT molecular complexity index is 319. The number of oxime groups is 1. The average molecular weight is 210 g/mol. The number of aryl methyl sites for hydroxylation is 1. The van der Waals surface area contributed by atoms with E-state index in [0.717, 1.165) is 37.1 Å². The van der Waals surface area contributed by atoms with Crippen LogP contribution in [0.5, 0.6) is 0 Å². The first-order chi connectivity index (χ1) is 7.31. The van der Waals surface area contributed by atoms with Crippen LogP contribution in [0.25, 0.3) is 0 Å². The molecule has 0 radical (unpaired) electrons. The van der Waals surface area contributed by atoms with E-state index in [2.05, 4.69) is 34.5 Å². The number of unbranched alkanes of at least 4 members (excludes halogenated alkanes) is 1. The largest absolute Gasteiger partial charge is 0.409 e. The van der Waals surface area contributed by atoms with Crippen molar-refractivity contribution in [2.24, 2.45) is 5.16 Å². The van der Waals surface area contributed by atoms with Gasteiger partial charge in [-0.2, -0.15) is 5.10 Å². The smallest absolute Gasteiger partial charge is 0.156 e. The first-order valence-corrected chi connectivity index (χ1v) is 5.32. The summed E-state index contributed by atoms with van der Waals surface area (Å²) in [4.78, 5) is 0. The van der Waals surface area contributed by atoms with E-state index in [1.807, 2.05) is 6.20 Å². The highest BCUT2D eigenvalue weighted by atomic mass is 16.4. The van der Waals surface area contributed by atoms with Gasteiger partial charge >= 0.3 is 0 Å². The molecule has 1 heterocycles. The van der Waals surface area contributed by atoms with Gasteiger partial charge in [0.1, 0.15) is 5.84 Å². The number of nitrogens with one attached hydrogen (secondary N) is 2. The predicted molar refractivity (Wildman–Crippen MR) is 60.3 cm³/mol. The van der Waals surface area contributed by atoms with E-state index in [-0.39, 0.29) is 0 Å². The zero-order valence-electron chi connectivity index (χ0n) is 9.25. The molecule has 1 aromatic rings. The molecule has 1 rings (SSSR count). The summed E-state index contributed by atoms with van der Waals surface area (Å²) in [6, 6.07) is 0. The lowest BCUT2D eigenvalue weighted by Gasteiger charge is -2.05. The van der Waals surface area contributed by atoms with Gasteiger partial charge in [0.25, 0.3) is 0 Å². The van der Waals surface area contributed by atoms with Crippen LogP contribution in [0.3, 0.4) is 0 Å². The van der Waals surface area contributed by atoms with E-state index < -0.39 is 0 Å². The van der Waals surface area contributed by atoms with E-state index in [1.165, 1.54) is 0 Å². The Labute approximate surface area is 89.6 Å². The zero-order chi connectivity index (χ0) is 11.1. The molecule has 5 nitrogen and oxygen atoms in total. The average Bonchev–Trinajstić information content (AvgIpc) is 2.71. The number of hydrogen-bond acceptors (Lipinski definition) is 3. The van der Waals surface area contributed by atoms with E-state index in [1.54, 1.807) is 0 Å². The van der Waals surface area contributed by atoms with Crippen molar-refractivity contribution in [3.05, 3.63) is 11.8 Å². The third-order valence-corrected chi connectivity index (χ3v) is 2.25. The summed E-state index contributed by atoms with van der Waals surface area (Å²) >= 11 is 0. The van der Waals surface area contributed by atoms with Crippen molar-refractivity contribution in [3.63, 3.8) is 0 Å². The standard InChI is InChI=1S/C10H18N4O/c1-3-5-6-9(14-15)12-10-8(4-2)7-11-13-10/h7,15H,3-6H2,1-2H3,(H2,11,12,13,14). The first-order valence-electron chi connectivity index (χ1n) is 5.32. The summed E-state index contributed by atoms with van der Waals surface area (Å²) in [6.07, 6.45) is 5.55. The summed E-state index contributed by atoms with van der Waals surface area (Å²) in [5, 5.41) is 21.9. The number of anilines is 1. The molecule has 0 aliphatic carbocycles. The van der Waals surface area contributed by atoms with Gasteiger partial charge in [0.15, 0.2) is 5.82 Å². The quantitative estimate of drug-likeness (QED) is 0.302. The first kappa shape index (κ1) is 11.6. The van der Waals surface area contributed by atoms with E-state index >= 15 is 0 Å². The number of H-pyrrole nitrogens is 1. The van der Waals surface area contributed by atoms with Crippen molar-refractivity contribution in [1.29, 1.82) is 0 Å². The number of aromatic amines is 1. The minimum absolute atomic E-state index is 0.568. The van der Waals surface area contributed by atoms with Crippen molar-refractivity contribution in [1.82, 2.24) is 10.2 Å². The fourth-order valence-electron chi connectivity index (χ4n) is 1.31. The normalized spacial score (nSPS) is 11.7. The fourth-order valence-corrected chi connectivity index (χ4v) is 1.31. The van der Waals surface area contributed by atoms with Crippen LogP contribution in [0.15, 0.2) is 11.4 Å². The SMILES string of the molecule is CCCCC(=NO)Nc1n[nH]cc1CC. The third kappa shape index (κ3) is 3.27. The molecule has 0 aliphatic rings. The number of rotatable bonds is 5. The van der Waals surface area contributed by atoms with Gasteiger partial charge < -0.3 is 10.5 Å². The Morgan fingerprint density at radius 2 is 2.40 bits per heavy atom. The van der Waals surface area contributed by atoms with Gasteiger partial charge in [-0.15, -0.1) is 0 Å². The van der Waals surface area contributed by atoms with Gasteiger partial charge in [-0.25, -0.2) is 0 Å². The van der Waals surface area contributed by atoms with Crippen LogP contribution in [0.4, 0.5) is 5.82 Å². The molecule has 0 saturated carbocycles. The predicted octanol–water partition coefficient (Wildman–Crippen LogP) is 2.36. The molecule has 5 heteroatoms. The molecule has 1 aromatic heterocycles. The van der Waals surface area contributed by atoms with Gasteiger partial charge in [0.05, 0.1) is 0 Å². The molecule has 84 valence electrons. The molecular weight excluding hydrogens is 192 g/mol. The summed E-state index contributed by atoms with van der Waals surface area (Å²) in [5.41, 5.74) is 1.09. The molecule has 3 N–H and O–H groups in total. The van der Waals surface area contributed by atoms with Crippen LogP contribution < -0.4 is 5.32 Å². The molecular formula is C10H18N4O. The lowest BCUT2D eigenvalue weighted by Crippen LogP contribution is -2.13. The monoisotopic (exact) mass is 210 g/mol. The highest BCUT2D eigenvalue weighted by Crippen LogP contribution is 2.12. The maximum Gasteiger partial charge on any atom is 0.156 e. The van der Waals surface area contributed by atoms with Crippen molar-refractivity contribution < 1.29 is 5.21 Å². The van der Waals surface area contributed by atoms with Gasteiger partial charge in [-0.05, 0) is 12.8 Å². The van der Waals surface area contributed by atoms with Gasteiger partial charge in [0, 0.05) is 18.2 Å². The highest BCUT2D eigenvalue weighted by Gasteiger charge is 2.06. The summed E-state index contributed by atoms with van der Waals surface area (Å²) in [6.45, 7) is 4.15. The molecule has 0 spiro atoms. The Hall–Kier alpha value is -1.52. The van der Waals surface area contributed by atoms with Crippen LogP contribution in [-0.4, -0.2) is 21.2 Å². The minimum Gasteiger partial charge on any atom is -0.409 e. The van der Waals surface area contributed by atoms with Crippen LogP contribution in [0.2, 0.25) is 0 Å². The van der Waals surface area contributed by atoms with Crippen molar-refractivity contribution in [2.75, 3.05) is 5.32 Å². The summed E-state index contributed by atoms with van der Waals surface area (Å²) in [5.74, 6) is 1.32. The Morgan fingerprint density at radius 1 is 1.60 bits per heavy atom. The Balaban J connectivity index is 2.59. The molecule has 0 aromatic carbocycles. The maximum absolute atomic E-state index is 8.80. The molecule has 0 atom stereocenters. The lowest BCUT2D eigenvalue weighted by molar-refractivity contribution is 0.317. The van der Waals surface area contributed by atoms with E-state index in [0.29, 0.717) is 5.84 Å². The Morgan fingerprint density at radius 3 is 3.00 bits per heavy atom. The van der Waals surface area contributed by atoms with Crippen LogP contribution >= 0.6 is 0 Å². The topological polar surface area (TPSA) is 73.3 Å². The van der Waals surface area contributed by atoms with Crippen molar-refractivity contribution >= 4 is 11.7 Å². The molecule has 0 unspecified atom stereocenters. The van der Waals surface area contributed by atoms with E-state index in [4.69, 9.17) is 5.21 Å². The summed E-state index contributed by atoms with van der Waals surface area (Å²) < 4.78 is 0. The molecule has 0 saturated heterocycles. The zero-order valence-corrected chi connectivity index (χ0v) is 9.25. The minimum atomic E-state index is 0.568. The Kier molecular flexibility index (Phi) is 4.66. The molecule has 0 aliphatic heterocycles. The van der Waals surface area contributed by atoms with Gasteiger partial charge in [-0.3, -0.25) is 5.10 Å². The van der Waals surface area contributed by atoms with Gasteiger partial charge in [0.2, 0.25) is 0 Å². The van der Waals surface area contributed by atoms with Crippen LogP contribution in [0.1, 0.15) is 38.7 Å². The van der Waals surface area contributed by atoms with Gasteiger partial charge in [-0.1, -0.05) is 25.4 Å².